The van der Waals surface area contributed by atoms with Crippen LogP contribution in [0.1, 0.15) is 30.3 Å². The van der Waals surface area contributed by atoms with Crippen molar-refractivity contribution in [1.82, 2.24) is 4.98 Å². The van der Waals surface area contributed by atoms with Crippen LogP contribution in [0.2, 0.25) is 0 Å². The predicted octanol–water partition coefficient (Wildman–Crippen LogP) is 5.56. The minimum Gasteiger partial charge on any atom is -0.461 e. The average molecular weight is 350 g/mol. The van der Waals surface area contributed by atoms with E-state index in [1.54, 1.807) is 34.0 Å². The Bertz CT molecular complexity index is 730. The molecule has 114 valence electrons. The second-order valence-electron chi connectivity index (χ2n) is 4.64. The van der Waals surface area contributed by atoms with Gasteiger partial charge in [-0.05, 0) is 29.3 Å². The second kappa shape index (κ2) is 7.17. The molecular formula is C16H15NO2S3. The van der Waals surface area contributed by atoms with Crippen molar-refractivity contribution in [1.29, 1.82) is 0 Å². The molecule has 0 N–H and O–H groups in total. The molecule has 3 rings (SSSR count). The first-order valence-electron chi connectivity index (χ1n) is 7.05. The van der Waals surface area contributed by atoms with Crippen LogP contribution in [-0.4, -0.2) is 17.6 Å². The monoisotopic (exact) mass is 349 g/mol. The van der Waals surface area contributed by atoms with E-state index < -0.39 is 0 Å². The molecule has 0 bridgehead atoms. The fourth-order valence-electron chi connectivity index (χ4n) is 1.92. The lowest BCUT2D eigenvalue weighted by Crippen LogP contribution is -2.07. The molecule has 0 saturated carbocycles. The van der Waals surface area contributed by atoms with Gasteiger partial charge in [0.15, 0.2) is 5.69 Å². The Morgan fingerprint density at radius 1 is 1.18 bits per heavy atom. The van der Waals surface area contributed by atoms with Gasteiger partial charge in [-0.25, -0.2) is 9.78 Å². The molecule has 0 aliphatic carbocycles. The zero-order valence-electron chi connectivity index (χ0n) is 12.1. The smallest absolute Gasteiger partial charge is 0.358 e. The Hall–Kier alpha value is -1.50. The Balaban J connectivity index is 1.94. The molecule has 0 amide bonds. The van der Waals surface area contributed by atoms with E-state index in [1.165, 1.54) is 0 Å². The third kappa shape index (κ3) is 3.29. The number of hydrogen-bond acceptors (Lipinski definition) is 6. The number of rotatable bonds is 6. The number of carbonyl (C=O) groups excluding carboxylic acids is 1. The highest BCUT2D eigenvalue weighted by atomic mass is 32.1. The number of thiophene rings is 2. The predicted molar refractivity (Wildman–Crippen MR) is 93.9 cm³/mol. The van der Waals surface area contributed by atoms with Crippen LogP contribution in [0.15, 0.2) is 35.0 Å². The molecule has 0 aromatic carbocycles. The molecule has 0 spiro atoms. The van der Waals surface area contributed by atoms with Gasteiger partial charge in [0.2, 0.25) is 0 Å². The summed E-state index contributed by atoms with van der Waals surface area (Å²) in [5.41, 5.74) is 0.437. The largest absolute Gasteiger partial charge is 0.461 e. The Morgan fingerprint density at radius 3 is 2.55 bits per heavy atom. The number of ether oxygens (including phenoxy) is 1. The maximum Gasteiger partial charge on any atom is 0.358 e. The first-order valence-corrected chi connectivity index (χ1v) is 9.63. The third-order valence-corrected chi connectivity index (χ3v) is 6.17. The molecule has 3 nitrogen and oxygen atoms in total. The van der Waals surface area contributed by atoms with Crippen LogP contribution < -0.4 is 0 Å². The summed E-state index contributed by atoms with van der Waals surface area (Å²) >= 11 is 4.79. The van der Waals surface area contributed by atoms with E-state index in [0.717, 1.165) is 32.5 Å². The quantitative estimate of drug-likeness (QED) is 0.432. The topological polar surface area (TPSA) is 39.2 Å². The molecule has 0 saturated heterocycles. The molecule has 3 heterocycles. The van der Waals surface area contributed by atoms with E-state index in [4.69, 9.17) is 4.74 Å². The first-order chi connectivity index (χ1) is 10.8. The molecule has 0 radical (unpaired) electrons. The van der Waals surface area contributed by atoms with Crippen molar-refractivity contribution in [2.24, 2.45) is 0 Å². The van der Waals surface area contributed by atoms with Crippen LogP contribution in [-0.2, 0) is 4.74 Å². The van der Waals surface area contributed by atoms with Gasteiger partial charge in [-0.2, -0.15) is 0 Å². The Labute approximate surface area is 141 Å². The second-order valence-corrected chi connectivity index (χ2v) is 7.54. The minimum atomic E-state index is -0.323. The van der Waals surface area contributed by atoms with Crippen LogP contribution in [0.4, 0.5) is 0 Å². The fourth-order valence-corrected chi connectivity index (χ4v) is 4.62. The van der Waals surface area contributed by atoms with E-state index in [2.05, 4.69) is 11.9 Å². The van der Waals surface area contributed by atoms with E-state index in [0.29, 0.717) is 12.3 Å². The van der Waals surface area contributed by atoms with Crippen LogP contribution in [0.5, 0.6) is 0 Å². The van der Waals surface area contributed by atoms with Crippen molar-refractivity contribution >= 4 is 40.0 Å². The van der Waals surface area contributed by atoms with Gasteiger partial charge in [0.1, 0.15) is 5.01 Å². The number of unbranched alkanes of at least 4 members (excludes halogenated alkanes) is 1. The van der Waals surface area contributed by atoms with E-state index in [1.807, 2.05) is 35.0 Å². The number of thiazole rings is 1. The normalized spacial score (nSPS) is 10.8. The van der Waals surface area contributed by atoms with Crippen LogP contribution >= 0.6 is 34.0 Å². The first kappa shape index (κ1) is 15.4. The molecule has 0 atom stereocenters. The van der Waals surface area contributed by atoms with Crippen molar-refractivity contribution in [3.05, 3.63) is 40.7 Å². The number of hydrogen-bond donors (Lipinski definition) is 0. The van der Waals surface area contributed by atoms with Gasteiger partial charge < -0.3 is 4.74 Å². The molecule has 6 heteroatoms. The highest BCUT2D eigenvalue weighted by Gasteiger charge is 2.22. The molecule has 0 fully saturated rings. The maximum absolute atomic E-state index is 12.3. The van der Waals surface area contributed by atoms with Gasteiger partial charge >= 0.3 is 5.97 Å². The highest BCUT2D eigenvalue weighted by Crippen LogP contribution is 2.39. The molecule has 0 aliphatic heterocycles. The van der Waals surface area contributed by atoms with Crippen molar-refractivity contribution in [3.8, 4) is 19.6 Å². The molecular weight excluding hydrogens is 334 g/mol. The van der Waals surface area contributed by atoms with E-state index in [9.17, 15) is 4.79 Å². The third-order valence-electron chi connectivity index (χ3n) is 3.03. The standard InChI is InChI=1S/C16H15NO2S3/c1-2-3-8-19-16(18)13-14(11-6-4-9-20-11)22-15(17-13)12-7-5-10-21-12/h4-7,9-10H,2-3,8H2,1H3. The zero-order chi connectivity index (χ0) is 15.4. The average Bonchev–Trinajstić information content (AvgIpc) is 3.26. The molecule has 22 heavy (non-hydrogen) atoms. The summed E-state index contributed by atoms with van der Waals surface area (Å²) in [5.74, 6) is -0.323. The van der Waals surface area contributed by atoms with Gasteiger partial charge in [0.25, 0.3) is 0 Å². The lowest BCUT2D eigenvalue weighted by molar-refractivity contribution is 0.0495. The number of esters is 1. The van der Waals surface area contributed by atoms with E-state index >= 15 is 0 Å². The van der Waals surface area contributed by atoms with Gasteiger partial charge in [-0.1, -0.05) is 25.5 Å². The van der Waals surface area contributed by atoms with Gasteiger partial charge in [-0.3, -0.25) is 0 Å². The maximum atomic E-state index is 12.3. The lowest BCUT2D eigenvalue weighted by atomic mass is 10.3. The summed E-state index contributed by atoms with van der Waals surface area (Å²) in [4.78, 5) is 19.9. The fraction of sp³-hybridized carbons (Fsp3) is 0.250. The minimum absolute atomic E-state index is 0.323. The van der Waals surface area contributed by atoms with Crippen LogP contribution in [0.25, 0.3) is 19.6 Å². The summed E-state index contributed by atoms with van der Waals surface area (Å²) in [6.07, 6.45) is 1.88. The summed E-state index contributed by atoms with van der Waals surface area (Å²) in [5, 5.41) is 4.90. The van der Waals surface area contributed by atoms with Crippen LogP contribution in [0.3, 0.4) is 0 Å². The SMILES string of the molecule is CCCCOC(=O)c1nc(-c2cccs2)sc1-c1cccs1. The van der Waals surface area contributed by atoms with Crippen molar-refractivity contribution in [3.63, 3.8) is 0 Å². The Morgan fingerprint density at radius 2 is 1.91 bits per heavy atom. The van der Waals surface area contributed by atoms with Gasteiger partial charge in [-0.15, -0.1) is 34.0 Å². The van der Waals surface area contributed by atoms with Crippen molar-refractivity contribution < 1.29 is 9.53 Å². The summed E-state index contributed by atoms with van der Waals surface area (Å²) in [6.45, 7) is 2.52. The highest BCUT2D eigenvalue weighted by molar-refractivity contribution is 7.25. The van der Waals surface area contributed by atoms with Gasteiger partial charge in [0.05, 0.1) is 16.4 Å². The van der Waals surface area contributed by atoms with Crippen LogP contribution in [0, 0.1) is 0 Å². The lowest BCUT2D eigenvalue weighted by Gasteiger charge is -2.02. The number of nitrogens with zero attached hydrogens (tertiary/aromatic N) is 1. The Kier molecular flexibility index (Phi) is 5.02. The summed E-state index contributed by atoms with van der Waals surface area (Å²) in [6, 6.07) is 8.01. The molecule has 0 aliphatic rings. The summed E-state index contributed by atoms with van der Waals surface area (Å²) in [7, 11) is 0. The van der Waals surface area contributed by atoms with Crippen molar-refractivity contribution in [2.45, 2.75) is 19.8 Å². The zero-order valence-corrected chi connectivity index (χ0v) is 14.5. The van der Waals surface area contributed by atoms with E-state index in [-0.39, 0.29) is 5.97 Å². The van der Waals surface area contributed by atoms with Crippen molar-refractivity contribution in [2.75, 3.05) is 6.61 Å². The summed E-state index contributed by atoms with van der Waals surface area (Å²) < 4.78 is 5.35. The molecule has 3 aromatic rings. The number of aromatic nitrogens is 1. The molecule has 3 aromatic heterocycles. The van der Waals surface area contributed by atoms with Gasteiger partial charge in [0, 0.05) is 4.88 Å². The number of carbonyl (C=O) groups is 1. The molecule has 0 unspecified atom stereocenters.